The molecule has 0 amide bonds. The molecule has 3 saturated heterocycles. The maximum Gasteiger partial charge on any atom is 0.339 e. The van der Waals surface area contributed by atoms with E-state index in [9.17, 15) is 19.2 Å². The third-order valence-corrected chi connectivity index (χ3v) is 11.3. The van der Waals surface area contributed by atoms with E-state index < -0.39 is 75.7 Å². The van der Waals surface area contributed by atoms with Gasteiger partial charge in [-0.25, -0.2) is 4.79 Å². The van der Waals surface area contributed by atoms with E-state index >= 15 is 0 Å². The number of ether oxygens (including phenoxy) is 5. The summed E-state index contributed by atoms with van der Waals surface area (Å²) in [5.74, 6) is -2.43. The number of cyclic esters (lactones) is 2. The van der Waals surface area contributed by atoms with Crippen molar-refractivity contribution in [3.63, 3.8) is 0 Å². The Kier molecular flexibility index (Phi) is 5.69. The van der Waals surface area contributed by atoms with Gasteiger partial charge in [0.2, 0.25) is 0 Å². The third-order valence-electron chi connectivity index (χ3n) is 11.3. The van der Waals surface area contributed by atoms with Gasteiger partial charge in [-0.05, 0) is 45.1 Å². The molecule has 1 spiro atoms. The molecule has 0 N–H and O–H groups in total. The molecule has 5 aliphatic rings. The standard InChI is InChI=1S/C30H38O10/c1-15(31)36-20-13-22(33)39-26(3,4)19-12-21(37-16(2)32)29(7)18(28(19,20)6)8-10-27(5)23(17-9-11-35-14-17)38-25(34)24-30(27,29)40-24/h9,11,14,18-21,23-24H,8,10,12-13H2,1-7H3/t18-,19+,20+,21+,23-,24+,27-,28+,29-,30+/m0/s1. The largest absolute Gasteiger partial charge is 0.472 e. The van der Waals surface area contributed by atoms with Gasteiger partial charge in [-0.2, -0.15) is 0 Å². The van der Waals surface area contributed by atoms with E-state index in [2.05, 4.69) is 13.8 Å². The molecule has 2 saturated carbocycles. The fraction of sp³-hybridized carbons (Fsp3) is 0.733. The SMILES string of the molecule is CC(=O)O[C@@H]1CC(=O)OC(C)(C)[C@H]2C[C@@H](OC(C)=O)[C@]3(C)[C@@H](CC[C@@]4(C)[C@H](c5ccoc5)OC(=O)[C@H]5O[C@@]534)[C@]21C. The summed E-state index contributed by atoms with van der Waals surface area (Å²) in [5, 5.41) is 0. The Morgan fingerprint density at radius 3 is 2.25 bits per heavy atom. The molecule has 10 atom stereocenters. The lowest BCUT2D eigenvalue weighted by molar-refractivity contribution is -0.277. The molecule has 4 heterocycles. The first-order valence-electron chi connectivity index (χ1n) is 14.1. The van der Waals surface area contributed by atoms with Crippen LogP contribution in [-0.2, 0) is 42.9 Å². The second kappa shape index (κ2) is 8.33. The molecule has 1 aromatic rings. The lowest BCUT2D eigenvalue weighted by Gasteiger charge is -2.68. The van der Waals surface area contributed by atoms with Crippen LogP contribution in [0.4, 0.5) is 0 Å². The van der Waals surface area contributed by atoms with E-state index in [1.54, 1.807) is 18.6 Å². The zero-order valence-electron chi connectivity index (χ0n) is 24.1. The molecule has 10 heteroatoms. The normalized spacial score (nSPS) is 46.7. The Morgan fingerprint density at radius 2 is 1.62 bits per heavy atom. The molecule has 10 nitrogen and oxygen atoms in total. The van der Waals surface area contributed by atoms with Crippen molar-refractivity contribution in [2.45, 2.75) is 110 Å². The molecule has 1 aromatic heterocycles. The van der Waals surface area contributed by atoms with Gasteiger partial charge in [0.1, 0.15) is 29.5 Å². The summed E-state index contributed by atoms with van der Waals surface area (Å²) in [6, 6.07) is 1.79. The van der Waals surface area contributed by atoms with Crippen LogP contribution in [0.25, 0.3) is 0 Å². The van der Waals surface area contributed by atoms with Gasteiger partial charge < -0.3 is 28.1 Å². The fourth-order valence-electron chi connectivity index (χ4n) is 9.88. The highest BCUT2D eigenvalue weighted by Gasteiger charge is 2.89. The highest BCUT2D eigenvalue weighted by molar-refractivity contribution is 5.82. The zero-order chi connectivity index (χ0) is 29.0. The quantitative estimate of drug-likeness (QED) is 0.304. The van der Waals surface area contributed by atoms with Gasteiger partial charge in [0.25, 0.3) is 0 Å². The van der Waals surface area contributed by atoms with E-state index in [-0.39, 0.29) is 18.3 Å². The van der Waals surface area contributed by atoms with E-state index in [1.165, 1.54) is 13.8 Å². The number of epoxide rings is 1. The Labute approximate surface area is 233 Å². The van der Waals surface area contributed by atoms with E-state index in [1.807, 2.05) is 20.8 Å². The molecular weight excluding hydrogens is 520 g/mol. The Balaban J connectivity index is 1.57. The van der Waals surface area contributed by atoms with Crippen LogP contribution in [0.1, 0.15) is 85.8 Å². The highest BCUT2D eigenvalue weighted by Crippen LogP contribution is 2.79. The first-order valence-corrected chi connectivity index (χ1v) is 14.1. The summed E-state index contributed by atoms with van der Waals surface area (Å²) in [5.41, 5.74) is -3.57. The predicted octanol–water partition coefficient (Wildman–Crippen LogP) is 4.05. The van der Waals surface area contributed by atoms with Crippen LogP contribution in [0.2, 0.25) is 0 Å². The Morgan fingerprint density at radius 1 is 0.950 bits per heavy atom. The van der Waals surface area contributed by atoms with Crippen molar-refractivity contribution in [2.75, 3.05) is 0 Å². The smallest absolute Gasteiger partial charge is 0.339 e. The molecule has 0 bridgehead atoms. The van der Waals surface area contributed by atoms with Crippen LogP contribution < -0.4 is 0 Å². The lowest BCUT2D eigenvalue weighted by atomic mass is 9.36. The summed E-state index contributed by atoms with van der Waals surface area (Å²) in [4.78, 5) is 51.5. The van der Waals surface area contributed by atoms with Gasteiger partial charge in [0.05, 0.1) is 18.9 Å². The van der Waals surface area contributed by atoms with Crippen molar-refractivity contribution < 1.29 is 47.3 Å². The number of hydrogen-bond donors (Lipinski definition) is 0. The molecule has 0 unspecified atom stereocenters. The molecule has 0 radical (unpaired) electrons. The summed E-state index contributed by atoms with van der Waals surface area (Å²) in [7, 11) is 0. The maximum absolute atomic E-state index is 13.4. The maximum atomic E-state index is 13.4. The molecule has 0 aromatic carbocycles. The van der Waals surface area contributed by atoms with Crippen LogP contribution >= 0.6 is 0 Å². The topological polar surface area (TPSA) is 131 Å². The van der Waals surface area contributed by atoms with Gasteiger partial charge in [-0.1, -0.05) is 20.8 Å². The number of carbonyl (C=O) groups excluding carboxylic acids is 4. The van der Waals surface area contributed by atoms with Crippen molar-refractivity contribution in [1.82, 2.24) is 0 Å². The van der Waals surface area contributed by atoms with Crippen LogP contribution in [0.3, 0.4) is 0 Å². The minimum absolute atomic E-state index is 0.0882. The lowest BCUT2D eigenvalue weighted by Crippen LogP contribution is -2.74. The van der Waals surface area contributed by atoms with Gasteiger partial charge in [-0.3, -0.25) is 14.4 Å². The van der Waals surface area contributed by atoms with Crippen LogP contribution in [-0.4, -0.2) is 53.4 Å². The summed E-state index contributed by atoms with van der Waals surface area (Å²) in [6.07, 6.45) is 1.72. The van der Waals surface area contributed by atoms with E-state index in [4.69, 9.17) is 28.1 Å². The number of fused-ring (bicyclic) bond motifs is 3. The molecule has 6 rings (SSSR count). The molecular formula is C30H38O10. The predicted molar refractivity (Wildman–Crippen MR) is 136 cm³/mol. The first kappa shape index (κ1) is 27.3. The van der Waals surface area contributed by atoms with E-state index in [0.717, 1.165) is 5.56 Å². The van der Waals surface area contributed by atoms with Crippen LogP contribution in [0, 0.1) is 28.1 Å². The number of esters is 4. The van der Waals surface area contributed by atoms with Crippen molar-refractivity contribution in [2.24, 2.45) is 28.1 Å². The van der Waals surface area contributed by atoms with Crippen molar-refractivity contribution in [3.8, 4) is 0 Å². The zero-order valence-corrected chi connectivity index (χ0v) is 24.1. The highest BCUT2D eigenvalue weighted by atomic mass is 16.7. The minimum Gasteiger partial charge on any atom is -0.472 e. The summed E-state index contributed by atoms with van der Waals surface area (Å²) >= 11 is 0. The summed E-state index contributed by atoms with van der Waals surface area (Å²) in [6.45, 7) is 12.6. The van der Waals surface area contributed by atoms with Gasteiger partial charge in [0.15, 0.2) is 6.10 Å². The average Bonchev–Trinajstić information content (AvgIpc) is 3.42. The number of carbonyl (C=O) groups is 4. The number of rotatable bonds is 3. The average molecular weight is 559 g/mol. The van der Waals surface area contributed by atoms with Crippen molar-refractivity contribution >= 4 is 23.9 Å². The van der Waals surface area contributed by atoms with Crippen LogP contribution in [0.15, 0.2) is 23.0 Å². The summed E-state index contributed by atoms with van der Waals surface area (Å²) < 4.78 is 36.0. The van der Waals surface area contributed by atoms with Crippen LogP contribution in [0.5, 0.6) is 0 Å². The molecule has 40 heavy (non-hydrogen) atoms. The van der Waals surface area contributed by atoms with Gasteiger partial charge >= 0.3 is 23.9 Å². The molecule has 5 fully saturated rings. The second-order valence-electron chi connectivity index (χ2n) is 13.5. The number of furan rings is 1. The number of hydrogen-bond acceptors (Lipinski definition) is 10. The van der Waals surface area contributed by atoms with Crippen molar-refractivity contribution in [1.29, 1.82) is 0 Å². The molecule has 3 aliphatic heterocycles. The molecule has 218 valence electrons. The van der Waals surface area contributed by atoms with Crippen molar-refractivity contribution in [3.05, 3.63) is 24.2 Å². The minimum atomic E-state index is -1.03. The second-order valence-corrected chi connectivity index (χ2v) is 13.5. The van der Waals surface area contributed by atoms with Gasteiger partial charge in [0, 0.05) is 41.6 Å². The Hall–Kier alpha value is -2.88. The first-order chi connectivity index (χ1) is 18.6. The molecule has 2 aliphatic carbocycles. The van der Waals surface area contributed by atoms with Gasteiger partial charge in [-0.15, -0.1) is 0 Å². The van der Waals surface area contributed by atoms with E-state index in [0.29, 0.717) is 19.3 Å². The monoisotopic (exact) mass is 558 g/mol. The fourth-order valence-corrected chi connectivity index (χ4v) is 9.88. The third kappa shape index (κ3) is 3.25. The Bertz CT molecular complexity index is 1270.